The first-order chi connectivity index (χ1) is 15.3. The number of hydrogen-bond donors (Lipinski definition) is 3. The average molecular weight is 436 g/mol. The highest BCUT2D eigenvalue weighted by molar-refractivity contribution is 6.06. The van der Waals surface area contributed by atoms with E-state index >= 15 is 0 Å². The zero-order valence-electron chi connectivity index (χ0n) is 17.6. The molecule has 0 aromatic heterocycles. The van der Waals surface area contributed by atoms with Crippen molar-refractivity contribution in [2.75, 3.05) is 16.8 Å². The van der Waals surface area contributed by atoms with Gasteiger partial charge in [0.05, 0.1) is 5.69 Å². The number of nitrogens with zero attached hydrogens (tertiary/aromatic N) is 1. The number of nitrogens with two attached hydrogens (primary N) is 1. The van der Waals surface area contributed by atoms with Crippen molar-refractivity contribution in [3.63, 3.8) is 0 Å². The predicted octanol–water partition coefficient (Wildman–Crippen LogP) is 1.53. The molecule has 2 atom stereocenters. The minimum atomic E-state index is -1.07. The molecule has 4 amide bonds. The van der Waals surface area contributed by atoms with Gasteiger partial charge in [-0.1, -0.05) is 25.1 Å². The number of ether oxygens (including phenoxy) is 1. The van der Waals surface area contributed by atoms with Crippen molar-refractivity contribution >= 4 is 35.5 Å². The molecule has 2 unspecified atom stereocenters. The molecule has 166 valence electrons. The van der Waals surface area contributed by atoms with Crippen LogP contribution in [0.3, 0.4) is 0 Å². The Morgan fingerprint density at radius 2 is 1.97 bits per heavy atom. The molecule has 4 N–H and O–H groups in total. The van der Waals surface area contributed by atoms with E-state index in [1.54, 1.807) is 36.4 Å². The Morgan fingerprint density at radius 3 is 2.69 bits per heavy atom. The molecule has 0 saturated carbocycles. The number of carbonyl (C=O) groups excluding carboxylic acids is 4. The molecule has 1 aliphatic heterocycles. The number of rotatable bonds is 6. The van der Waals surface area contributed by atoms with E-state index in [-0.39, 0.29) is 24.8 Å². The van der Waals surface area contributed by atoms with Gasteiger partial charge in [-0.3, -0.25) is 14.5 Å². The summed E-state index contributed by atoms with van der Waals surface area (Å²) in [5.74, 6) is -0.0557. The fourth-order valence-corrected chi connectivity index (χ4v) is 4.27. The summed E-state index contributed by atoms with van der Waals surface area (Å²) in [7, 11) is 0. The Balaban J connectivity index is 1.49. The highest BCUT2D eigenvalue weighted by atomic mass is 16.5. The van der Waals surface area contributed by atoms with Gasteiger partial charge < -0.3 is 25.9 Å². The van der Waals surface area contributed by atoms with E-state index in [0.29, 0.717) is 36.3 Å². The number of carbonyl (C=O) groups is 4. The minimum absolute atomic E-state index is 0.158. The molecule has 0 radical (unpaired) electrons. The zero-order valence-corrected chi connectivity index (χ0v) is 17.6. The number of fused-ring (bicyclic) bond motifs is 2. The Hall–Kier alpha value is -3.88. The monoisotopic (exact) mass is 436 g/mol. The molecule has 0 bridgehead atoms. The summed E-state index contributed by atoms with van der Waals surface area (Å²) in [5.41, 5.74) is 6.96. The molecule has 0 fully saturated rings. The molecular weight excluding hydrogens is 412 g/mol. The van der Waals surface area contributed by atoms with Gasteiger partial charge in [0, 0.05) is 18.5 Å². The van der Waals surface area contributed by atoms with Gasteiger partial charge in [-0.25, -0.2) is 4.79 Å². The molecule has 4 rings (SSSR count). The highest BCUT2D eigenvalue weighted by Gasteiger charge is 2.38. The maximum atomic E-state index is 12.8. The van der Waals surface area contributed by atoms with E-state index < -0.39 is 17.7 Å². The van der Waals surface area contributed by atoms with Crippen molar-refractivity contribution in [3.05, 3.63) is 53.6 Å². The summed E-state index contributed by atoms with van der Waals surface area (Å²) in [6.07, 6.45) is 1.18. The first-order valence-corrected chi connectivity index (χ1v) is 10.4. The molecule has 2 aliphatic rings. The van der Waals surface area contributed by atoms with Gasteiger partial charge in [-0.05, 0) is 41.8 Å². The predicted molar refractivity (Wildman–Crippen MR) is 117 cm³/mol. The minimum Gasteiger partial charge on any atom is -0.478 e. The number of amides is 4. The molecule has 2 aromatic carbocycles. The summed E-state index contributed by atoms with van der Waals surface area (Å²) in [5, 5.41) is 5.33. The van der Waals surface area contributed by atoms with E-state index in [1.165, 1.54) is 4.90 Å². The van der Waals surface area contributed by atoms with Crippen LogP contribution in [0, 0.1) is 0 Å². The van der Waals surface area contributed by atoms with Gasteiger partial charge >= 0.3 is 6.03 Å². The van der Waals surface area contributed by atoms with Gasteiger partial charge in [0.15, 0.2) is 6.10 Å². The van der Waals surface area contributed by atoms with E-state index in [2.05, 4.69) is 10.6 Å². The van der Waals surface area contributed by atoms with Crippen LogP contribution in [0.1, 0.15) is 24.5 Å². The van der Waals surface area contributed by atoms with Crippen LogP contribution in [-0.2, 0) is 27.2 Å². The third-order valence-corrected chi connectivity index (χ3v) is 5.74. The molecule has 32 heavy (non-hydrogen) atoms. The third-order valence-electron chi connectivity index (χ3n) is 5.74. The molecule has 0 saturated heterocycles. The number of aldehydes is 1. The first-order valence-electron chi connectivity index (χ1n) is 10.4. The number of nitrogens with one attached hydrogen (secondary N) is 2. The molecule has 1 heterocycles. The van der Waals surface area contributed by atoms with E-state index in [1.807, 2.05) is 13.0 Å². The number of urea groups is 1. The Labute approximate surface area is 184 Å². The number of para-hydroxylation sites is 2. The smallest absolute Gasteiger partial charge is 0.312 e. The molecule has 9 nitrogen and oxygen atoms in total. The van der Waals surface area contributed by atoms with Crippen molar-refractivity contribution in [1.82, 2.24) is 5.32 Å². The van der Waals surface area contributed by atoms with E-state index in [0.717, 1.165) is 11.1 Å². The molecule has 1 aliphatic carbocycles. The Bertz CT molecular complexity index is 1100. The lowest BCUT2D eigenvalue weighted by atomic mass is 9.98. The fourth-order valence-electron chi connectivity index (χ4n) is 4.27. The summed E-state index contributed by atoms with van der Waals surface area (Å²) < 4.78 is 5.74. The quantitative estimate of drug-likeness (QED) is 0.591. The summed E-state index contributed by atoms with van der Waals surface area (Å²) >= 11 is 0. The van der Waals surface area contributed by atoms with Crippen LogP contribution in [0.2, 0.25) is 0 Å². The van der Waals surface area contributed by atoms with E-state index in [9.17, 15) is 19.2 Å². The number of primary amides is 1. The molecule has 0 spiro atoms. The lowest BCUT2D eigenvalue weighted by Crippen LogP contribution is -2.52. The Morgan fingerprint density at radius 1 is 1.22 bits per heavy atom. The number of hydrogen-bond acceptors (Lipinski definition) is 5. The van der Waals surface area contributed by atoms with Crippen molar-refractivity contribution < 1.29 is 23.9 Å². The zero-order chi connectivity index (χ0) is 22.9. The lowest BCUT2D eigenvalue weighted by Gasteiger charge is -2.33. The lowest BCUT2D eigenvalue weighted by molar-refractivity contribution is -0.128. The topological polar surface area (TPSA) is 131 Å². The second-order valence-corrected chi connectivity index (χ2v) is 8.06. The largest absolute Gasteiger partial charge is 0.478 e. The molecule has 2 aromatic rings. The van der Waals surface area contributed by atoms with Crippen LogP contribution in [0.4, 0.5) is 16.2 Å². The average Bonchev–Trinajstić information content (AvgIpc) is 3.12. The van der Waals surface area contributed by atoms with E-state index in [4.69, 9.17) is 10.5 Å². The van der Waals surface area contributed by atoms with Crippen molar-refractivity contribution in [2.24, 2.45) is 5.73 Å². The number of anilines is 2. The van der Waals surface area contributed by atoms with Crippen LogP contribution in [0.25, 0.3) is 0 Å². The SMILES string of the molecule is CCC1Oc2ccccc2N(CC(=O)Nc2ccc3c(c2)CC(C=O)(NC(N)=O)C3)C1=O. The summed E-state index contributed by atoms with van der Waals surface area (Å²) in [6, 6.07) is 11.7. The highest BCUT2D eigenvalue weighted by Crippen LogP contribution is 2.34. The Kier molecular flexibility index (Phi) is 5.56. The van der Waals surface area contributed by atoms with Crippen LogP contribution >= 0.6 is 0 Å². The normalized spacial score (nSPS) is 21.2. The van der Waals surface area contributed by atoms with Gasteiger partial charge in [0.2, 0.25) is 5.91 Å². The third kappa shape index (κ3) is 4.01. The maximum Gasteiger partial charge on any atom is 0.312 e. The standard InChI is InChI=1S/C23H24N4O5/c1-2-18-21(30)27(17-5-3-4-6-19(17)32-18)12-20(29)25-16-8-7-14-10-23(13-28,26-22(24)31)11-15(14)9-16/h3-9,13,18H,2,10-12H2,1H3,(H,25,29)(H3,24,26,31). The van der Waals surface area contributed by atoms with Crippen LogP contribution in [0.15, 0.2) is 42.5 Å². The summed E-state index contributed by atoms with van der Waals surface area (Å²) in [6.45, 7) is 1.69. The maximum absolute atomic E-state index is 12.8. The van der Waals surface area contributed by atoms with Crippen molar-refractivity contribution in [3.8, 4) is 5.75 Å². The second kappa shape index (κ2) is 8.33. The van der Waals surface area contributed by atoms with Gasteiger partial charge in [0.25, 0.3) is 5.91 Å². The van der Waals surface area contributed by atoms with Crippen LogP contribution < -0.4 is 26.0 Å². The second-order valence-electron chi connectivity index (χ2n) is 8.06. The van der Waals surface area contributed by atoms with Crippen molar-refractivity contribution in [1.29, 1.82) is 0 Å². The first kappa shape index (κ1) is 21.4. The van der Waals surface area contributed by atoms with Crippen molar-refractivity contribution in [2.45, 2.75) is 37.8 Å². The number of benzene rings is 2. The van der Waals surface area contributed by atoms with Crippen LogP contribution in [-0.4, -0.2) is 42.3 Å². The van der Waals surface area contributed by atoms with Gasteiger partial charge in [0.1, 0.15) is 24.1 Å². The van der Waals surface area contributed by atoms with Gasteiger partial charge in [-0.2, -0.15) is 0 Å². The molecular formula is C23H24N4O5. The summed E-state index contributed by atoms with van der Waals surface area (Å²) in [4.78, 5) is 49.9. The van der Waals surface area contributed by atoms with Crippen LogP contribution in [0.5, 0.6) is 5.75 Å². The molecule has 9 heteroatoms. The van der Waals surface area contributed by atoms with Gasteiger partial charge in [-0.15, -0.1) is 0 Å². The fraction of sp³-hybridized carbons (Fsp3) is 0.304.